The van der Waals surface area contributed by atoms with Crippen LogP contribution in [0.1, 0.15) is 23.6 Å². The minimum Gasteiger partial charge on any atom is -0.326 e. The van der Waals surface area contributed by atoms with Crippen molar-refractivity contribution in [2.45, 2.75) is 12.3 Å². The molecule has 0 radical (unpaired) electrons. The average molecular weight is 231 g/mol. The maximum Gasteiger partial charge on any atom is 0.225 e. The second kappa shape index (κ2) is 3.69. The lowest BCUT2D eigenvalue weighted by molar-refractivity contribution is -0.116. The van der Waals surface area contributed by atoms with Crippen molar-refractivity contribution in [1.82, 2.24) is 10.2 Å². The summed E-state index contributed by atoms with van der Waals surface area (Å²) in [6.07, 6.45) is 1.93. The molecular weight excluding hydrogens is 221 g/mol. The van der Waals surface area contributed by atoms with Crippen LogP contribution in [-0.4, -0.2) is 16.1 Å². The first-order chi connectivity index (χ1) is 8.24. The van der Waals surface area contributed by atoms with Crippen molar-refractivity contribution in [3.8, 4) is 0 Å². The minimum atomic E-state index is -0.301. The molecule has 2 heterocycles. The third-order valence-electron chi connectivity index (χ3n) is 2.95. The van der Waals surface area contributed by atoms with Gasteiger partial charge in [-0.25, -0.2) is 4.39 Å². The first-order valence-corrected chi connectivity index (χ1v) is 5.32. The Morgan fingerprint density at radius 1 is 1.35 bits per heavy atom. The quantitative estimate of drug-likeness (QED) is 0.788. The summed E-state index contributed by atoms with van der Waals surface area (Å²) in [7, 11) is 0. The zero-order valence-corrected chi connectivity index (χ0v) is 8.90. The van der Waals surface area contributed by atoms with Gasteiger partial charge in [0.2, 0.25) is 5.91 Å². The molecule has 17 heavy (non-hydrogen) atoms. The van der Waals surface area contributed by atoms with Gasteiger partial charge in [0.1, 0.15) is 5.82 Å². The molecule has 4 nitrogen and oxygen atoms in total. The van der Waals surface area contributed by atoms with Gasteiger partial charge in [-0.3, -0.25) is 9.89 Å². The molecule has 1 aromatic carbocycles. The number of rotatable bonds is 1. The first-order valence-electron chi connectivity index (χ1n) is 5.32. The van der Waals surface area contributed by atoms with E-state index in [0.717, 1.165) is 11.3 Å². The molecule has 1 atom stereocenters. The molecular formula is C12H10FN3O. The van der Waals surface area contributed by atoms with Crippen LogP contribution in [0.5, 0.6) is 0 Å². The molecule has 0 saturated carbocycles. The van der Waals surface area contributed by atoms with Gasteiger partial charge in [0.15, 0.2) is 0 Å². The summed E-state index contributed by atoms with van der Waals surface area (Å²) in [5.41, 5.74) is 2.28. The van der Waals surface area contributed by atoms with Crippen LogP contribution in [0.2, 0.25) is 0 Å². The number of carbonyl (C=O) groups excluding carboxylic acids is 1. The van der Waals surface area contributed by atoms with Gasteiger partial charge in [0.05, 0.1) is 0 Å². The monoisotopic (exact) mass is 231 g/mol. The van der Waals surface area contributed by atoms with Gasteiger partial charge in [-0.05, 0) is 29.8 Å². The van der Waals surface area contributed by atoms with Crippen molar-refractivity contribution in [3.05, 3.63) is 47.5 Å². The topological polar surface area (TPSA) is 57.8 Å². The Morgan fingerprint density at radius 2 is 2.24 bits per heavy atom. The predicted molar refractivity (Wildman–Crippen MR) is 60.1 cm³/mol. The van der Waals surface area contributed by atoms with Gasteiger partial charge in [0.25, 0.3) is 0 Å². The molecule has 1 aliphatic rings. The zero-order chi connectivity index (χ0) is 11.8. The fraction of sp³-hybridized carbons (Fsp3) is 0.167. The largest absolute Gasteiger partial charge is 0.326 e. The summed E-state index contributed by atoms with van der Waals surface area (Å²) in [5.74, 6) is -0.523. The Hall–Kier alpha value is -2.17. The SMILES string of the molecule is O=C1CC(c2ccn[nH]2)c2cc(F)ccc2N1. The number of hydrogen-bond donors (Lipinski definition) is 2. The highest BCUT2D eigenvalue weighted by molar-refractivity contribution is 5.95. The smallest absolute Gasteiger partial charge is 0.225 e. The van der Waals surface area contributed by atoms with E-state index in [0.29, 0.717) is 12.1 Å². The minimum absolute atomic E-state index is 0.0660. The van der Waals surface area contributed by atoms with E-state index in [1.54, 1.807) is 18.3 Å². The third-order valence-corrected chi connectivity index (χ3v) is 2.95. The summed E-state index contributed by atoms with van der Waals surface area (Å²) in [4.78, 5) is 11.6. The molecule has 1 unspecified atom stereocenters. The summed E-state index contributed by atoms with van der Waals surface area (Å²) < 4.78 is 13.3. The summed E-state index contributed by atoms with van der Waals surface area (Å²) in [6, 6.07) is 6.19. The number of halogens is 1. The van der Waals surface area contributed by atoms with Crippen LogP contribution in [0.25, 0.3) is 0 Å². The standard InChI is InChI=1S/C12H10FN3O/c13-7-1-2-10-8(5-7)9(6-12(17)15-10)11-3-4-14-16-11/h1-5,9H,6H2,(H,14,16)(H,15,17). The van der Waals surface area contributed by atoms with Crippen molar-refractivity contribution in [2.75, 3.05) is 5.32 Å². The first kappa shape index (κ1) is 10.0. The van der Waals surface area contributed by atoms with Crippen molar-refractivity contribution in [1.29, 1.82) is 0 Å². The number of benzene rings is 1. The van der Waals surface area contributed by atoms with Gasteiger partial charge < -0.3 is 5.32 Å². The zero-order valence-electron chi connectivity index (χ0n) is 8.90. The Morgan fingerprint density at radius 3 is 3.00 bits per heavy atom. The van der Waals surface area contributed by atoms with Crippen LogP contribution in [0.15, 0.2) is 30.5 Å². The molecule has 3 rings (SSSR count). The normalized spacial score (nSPS) is 18.6. The molecule has 0 saturated heterocycles. The number of hydrogen-bond acceptors (Lipinski definition) is 2. The number of aromatic amines is 1. The second-order valence-corrected chi connectivity index (χ2v) is 4.05. The van der Waals surface area contributed by atoms with Crippen LogP contribution >= 0.6 is 0 Å². The van der Waals surface area contributed by atoms with Crippen LogP contribution in [0.4, 0.5) is 10.1 Å². The molecule has 2 N–H and O–H groups in total. The van der Waals surface area contributed by atoms with Crippen LogP contribution in [0.3, 0.4) is 0 Å². The van der Waals surface area contributed by atoms with E-state index in [1.807, 2.05) is 0 Å². The lowest BCUT2D eigenvalue weighted by atomic mass is 9.88. The van der Waals surface area contributed by atoms with E-state index in [9.17, 15) is 9.18 Å². The van der Waals surface area contributed by atoms with E-state index >= 15 is 0 Å². The molecule has 0 aliphatic carbocycles. The fourth-order valence-corrected chi connectivity index (χ4v) is 2.17. The lowest BCUT2D eigenvalue weighted by Gasteiger charge is -2.24. The summed E-state index contributed by atoms with van der Waals surface area (Å²) in [6.45, 7) is 0. The molecule has 1 aromatic heterocycles. The number of amides is 1. The van der Waals surface area contributed by atoms with E-state index in [1.165, 1.54) is 12.1 Å². The van der Waals surface area contributed by atoms with Crippen LogP contribution < -0.4 is 5.32 Å². The van der Waals surface area contributed by atoms with Crippen LogP contribution in [0, 0.1) is 5.82 Å². The molecule has 0 spiro atoms. The Bertz CT molecular complexity index is 565. The van der Waals surface area contributed by atoms with Gasteiger partial charge in [-0.2, -0.15) is 5.10 Å². The average Bonchev–Trinajstić information content (AvgIpc) is 2.82. The number of nitrogens with one attached hydrogen (secondary N) is 2. The number of H-pyrrole nitrogens is 1. The second-order valence-electron chi connectivity index (χ2n) is 4.05. The highest BCUT2D eigenvalue weighted by atomic mass is 19.1. The van der Waals surface area contributed by atoms with Crippen LogP contribution in [-0.2, 0) is 4.79 Å². The third kappa shape index (κ3) is 1.69. The molecule has 1 aliphatic heterocycles. The number of carbonyl (C=O) groups is 1. The molecule has 86 valence electrons. The Labute approximate surface area is 96.9 Å². The summed E-state index contributed by atoms with van der Waals surface area (Å²) in [5, 5.41) is 9.44. The Kier molecular flexibility index (Phi) is 2.18. The summed E-state index contributed by atoms with van der Waals surface area (Å²) >= 11 is 0. The van der Waals surface area contributed by atoms with Crippen molar-refractivity contribution in [3.63, 3.8) is 0 Å². The number of aromatic nitrogens is 2. The highest BCUT2D eigenvalue weighted by Gasteiger charge is 2.27. The predicted octanol–water partition coefficient (Wildman–Crippen LogP) is 2.02. The molecule has 0 fully saturated rings. The fourth-order valence-electron chi connectivity index (χ4n) is 2.17. The maximum atomic E-state index is 13.3. The maximum absolute atomic E-state index is 13.3. The number of nitrogens with zero attached hydrogens (tertiary/aromatic N) is 1. The molecule has 5 heteroatoms. The number of fused-ring (bicyclic) bond motifs is 1. The van der Waals surface area contributed by atoms with Gasteiger partial charge in [-0.15, -0.1) is 0 Å². The van der Waals surface area contributed by atoms with Crippen molar-refractivity contribution in [2.24, 2.45) is 0 Å². The molecule has 0 bridgehead atoms. The highest BCUT2D eigenvalue weighted by Crippen LogP contribution is 2.36. The Balaban J connectivity index is 2.13. The van der Waals surface area contributed by atoms with E-state index in [-0.39, 0.29) is 17.6 Å². The van der Waals surface area contributed by atoms with Crippen molar-refractivity contribution < 1.29 is 9.18 Å². The number of anilines is 1. The van der Waals surface area contributed by atoms with E-state index < -0.39 is 0 Å². The molecule has 2 aromatic rings. The van der Waals surface area contributed by atoms with Gasteiger partial charge in [-0.1, -0.05) is 0 Å². The van der Waals surface area contributed by atoms with Gasteiger partial charge in [0, 0.05) is 29.9 Å². The molecule has 1 amide bonds. The van der Waals surface area contributed by atoms with Gasteiger partial charge >= 0.3 is 0 Å². The van der Waals surface area contributed by atoms with E-state index in [2.05, 4.69) is 15.5 Å². The van der Waals surface area contributed by atoms with Crippen molar-refractivity contribution >= 4 is 11.6 Å². The lowest BCUT2D eigenvalue weighted by Crippen LogP contribution is -2.23. The van der Waals surface area contributed by atoms with E-state index in [4.69, 9.17) is 0 Å².